The summed E-state index contributed by atoms with van der Waals surface area (Å²) in [6, 6.07) is 14.9. The van der Waals surface area contributed by atoms with Gasteiger partial charge in [0.2, 0.25) is 5.91 Å². The molecule has 1 aromatic heterocycles. The third-order valence-electron chi connectivity index (χ3n) is 3.71. The molecule has 0 bridgehead atoms. The van der Waals surface area contributed by atoms with E-state index in [1.165, 1.54) is 18.3 Å². The first-order chi connectivity index (χ1) is 13.4. The molecule has 1 heterocycles. The van der Waals surface area contributed by atoms with Gasteiger partial charge < -0.3 is 4.42 Å². The Balaban J connectivity index is 1.65. The summed E-state index contributed by atoms with van der Waals surface area (Å²) in [6.45, 7) is 0. The molecule has 0 unspecified atom stereocenters. The zero-order valence-corrected chi connectivity index (χ0v) is 16.6. The van der Waals surface area contributed by atoms with E-state index >= 15 is 0 Å². The first-order valence-electron chi connectivity index (χ1n) is 8.03. The van der Waals surface area contributed by atoms with Crippen molar-refractivity contribution in [3.05, 3.63) is 85.5 Å². The van der Waals surface area contributed by atoms with Crippen LogP contribution in [-0.2, 0) is 11.2 Å². The van der Waals surface area contributed by atoms with Crippen LogP contribution in [0.15, 0.2) is 68.6 Å². The molecular weight excluding hydrogens is 450 g/mol. The van der Waals surface area contributed by atoms with Crippen LogP contribution >= 0.6 is 27.5 Å². The molecule has 0 aliphatic heterocycles. The molecule has 3 rings (SSSR count). The highest BCUT2D eigenvalue weighted by molar-refractivity contribution is 9.10. The number of nitrogens with zero attached hydrogens (tertiary/aromatic N) is 2. The number of nitro benzene ring substituents is 1. The highest BCUT2D eigenvalue weighted by atomic mass is 79.9. The lowest BCUT2D eigenvalue weighted by molar-refractivity contribution is -0.384. The predicted molar refractivity (Wildman–Crippen MR) is 109 cm³/mol. The summed E-state index contributed by atoms with van der Waals surface area (Å²) in [5.74, 6) is 0.355. The van der Waals surface area contributed by atoms with Gasteiger partial charge >= 0.3 is 0 Å². The number of nitro groups is 1. The Morgan fingerprint density at radius 3 is 2.68 bits per heavy atom. The predicted octanol–water partition coefficient (Wildman–Crippen LogP) is 4.96. The molecule has 0 spiro atoms. The molecule has 2 aromatic carbocycles. The minimum atomic E-state index is -0.528. The number of carbonyl (C=O) groups excluding carboxylic acids is 1. The molecule has 0 fully saturated rings. The Bertz CT molecular complexity index is 1050. The second kappa shape index (κ2) is 8.81. The Kier molecular flexibility index (Phi) is 6.23. The van der Waals surface area contributed by atoms with Gasteiger partial charge in [0.05, 0.1) is 23.1 Å². The third kappa shape index (κ3) is 5.05. The Labute approximate surface area is 173 Å². The monoisotopic (exact) mass is 461 g/mol. The van der Waals surface area contributed by atoms with Crippen molar-refractivity contribution in [2.24, 2.45) is 5.10 Å². The SMILES string of the molecule is O=C(Cc1ccc(Br)cc1)N/N=C/c1ccc(-c2ccc(Cl)cc2[N+](=O)[O-])o1. The van der Waals surface area contributed by atoms with Gasteiger partial charge in [-0.3, -0.25) is 14.9 Å². The van der Waals surface area contributed by atoms with Gasteiger partial charge in [0.15, 0.2) is 0 Å². The van der Waals surface area contributed by atoms with Crippen LogP contribution in [0.1, 0.15) is 11.3 Å². The van der Waals surface area contributed by atoms with E-state index in [1.807, 2.05) is 24.3 Å². The van der Waals surface area contributed by atoms with E-state index in [4.69, 9.17) is 16.0 Å². The van der Waals surface area contributed by atoms with Crippen molar-refractivity contribution in [2.75, 3.05) is 0 Å². The number of hydrogen-bond donors (Lipinski definition) is 1. The highest BCUT2D eigenvalue weighted by Gasteiger charge is 2.18. The van der Waals surface area contributed by atoms with Crippen molar-refractivity contribution in [3.63, 3.8) is 0 Å². The van der Waals surface area contributed by atoms with Crippen molar-refractivity contribution < 1.29 is 14.1 Å². The Morgan fingerprint density at radius 1 is 1.21 bits per heavy atom. The highest BCUT2D eigenvalue weighted by Crippen LogP contribution is 2.33. The van der Waals surface area contributed by atoms with Crippen LogP contribution in [-0.4, -0.2) is 17.0 Å². The number of halogens is 2. The van der Waals surface area contributed by atoms with Crippen molar-refractivity contribution in [1.82, 2.24) is 5.43 Å². The minimum Gasteiger partial charge on any atom is -0.455 e. The van der Waals surface area contributed by atoms with Crippen LogP contribution in [0.4, 0.5) is 5.69 Å². The van der Waals surface area contributed by atoms with Crippen molar-refractivity contribution in [3.8, 4) is 11.3 Å². The van der Waals surface area contributed by atoms with E-state index in [9.17, 15) is 14.9 Å². The van der Waals surface area contributed by atoms with E-state index in [2.05, 4.69) is 26.5 Å². The molecule has 1 N–H and O–H groups in total. The molecule has 0 aliphatic carbocycles. The number of hydrazone groups is 1. The number of carbonyl (C=O) groups is 1. The topological polar surface area (TPSA) is 97.7 Å². The van der Waals surface area contributed by atoms with E-state index in [0.717, 1.165) is 10.0 Å². The summed E-state index contributed by atoms with van der Waals surface area (Å²) in [7, 11) is 0. The number of benzene rings is 2. The summed E-state index contributed by atoms with van der Waals surface area (Å²) in [6.07, 6.45) is 1.51. The van der Waals surface area contributed by atoms with Gasteiger partial charge in [0.25, 0.3) is 5.69 Å². The van der Waals surface area contributed by atoms with Gasteiger partial charge in [-0.05, 0) is 42.0 Å². The van der Waals surface area contributed by atoms with E-state index in [-0.39, 0.29) is 23.0 Å². The number of hydrogen-bond acceptors (Lipinski definition) is 5. The van der Waals surface area contributed by atoms with Crippen molar-refractivity contribution in [1.29, 1.82) is 0 Å². The average molecular weight is 463 g/mol. The van der Waals surface area contributed by atoms with Crippen LogP contribution in [0.3, 0.4) is 0 Å². The largest absolute Gasteiger partial charge is 0.455 e. The molecule has 0 aliphatic rings. The normalized spacial score (nSPS) is 10.9. The van der Waals surface area contributed by atoms with Crippen LogP contribution < -0.4 is 5.43 Å². The zero-order valence-electron chi connectivity index (χ0n) is 14.3. The third-order valence-corrected chi connectivity index (χ3v) is 4.47. The van der Waals surface area contributed by atoms with E-state index in [1.54, 1.807) is 18.2 Å². The molecule has 9 heteroatoms. The molecule has 1 amide bonds. The second-order valence-electron chi connectivity index (χ2n) is 5.72. The fourth-order valence-corrected chi connectivity index (χ4v) is 2.86. The van der Waals surface area contributed by atoms with E-state index in [0.29, 0.717) is 17.1 Å². The first kappa shape index (κ1) is 19.8. The van der Waals surface area contributed by atoms with Gasteiger partial charge in [0, 0.05) is 15.6 Å². The molecule has 3 aromatic rings. The van der Waals surface area contributed by atoms with Crippen LogP contribution in [0.25, 0.3) is 11.3 Å². The maximum absolute atomic E-state index is 11.9. The fraction of sp³-hybridized carbons (Fsp3) is 0.0526. The lowest BCUT2D eigenvalue weighted by Gasteiger charge is -2.01. The van der Waals surface area contributed by atoms with E-state index < -0.39 is 4.92 Å². The minimum absolute atomic E-state index is 0.159. The molecule has 0 saturated heterocycles. The van der Waals surface area contributed by atoms with Gasteiger partial charge in [-0.25, -0.2) is 5.43 Å². The fourth-order valence-electron chi connectivity index (χ4n) is 2.43. The van der Waals surface area contributed by atoms with Crippen LogP contribution in [0, 0.1) is 10.1 Å². The average Bonchev–Trinajstić information content (AvgIpc) is 3.12. The number of nitrogens with one attached hydrogen (secondary N) is 1. The van der Waals surface area contributed by atoms with Gasteiger partial charge in [-0.15, -0.1) is 0 Å². The molecule has 0 saturated carbocycles. The Hall–Kier alpha value is -2.97. The summed E-state index contributed by atoms with van der Waals surface area (Å²) >= 11 is 9.15. The van der Waals surface area contributed by atoms with Crippen molar-refractivity contribution in [2.45, 2.75) is 6.42 Å². The standard InChI is InChI=1S/C19H13BrClN3O4/c20-13-3-1-12(2-4-13)9-19(25)23-22-11-15-6-8-18(28-15)16-7-5-14(21)10-17(16)24(26)27/h1-8,10-11H,9H2,(H,23,25)/b22-11+. The second-order valence-corrected chi connectivity index (χ2v) is 7.07. The smallest absolute Gasteiger partial charge is 0.281 e. The quantitative estimate of drug-likeness (QED) is 0.318. The zero-order chi connectivity index (χ0) is 20.1. The summed E-state index contributed by atoms with van der Waals surface area (Å²) in [5.41, 5.74) is 3.41. The maximum Gasteiger partial charge on any atom is 0.281 e. The van der Waals surface area contributed by atoms with Crippen LogP contribution in [0.5, 0.6) is 0 Å². The van der Waals surface area contributed by atoms with Gasteiger partial charge in [-0.1, -0.05) is 39.7 Å². The molecule has 142 valence electrons. The van der Waals surface area contributed by atoms with Crippen molar-refractivity contribution >= 4 is 45.3 Å². The lowest BCUT2D eigenvalue weighted by atomic mass is 10.1. The lowest BCUT2D eigenvalue weighted by Crippen LogP contribution is -2.19. The van der Waals surface area contributed by atoms with Gasteiger partial charge in [0.1, 0.15) is 11.5 Å². The molecule has 0 radical (unpaired) electrons. The first-order valence-corrected chi connectivity index (χ1v) is 9.20. The number of amides is 1. The Morgan fingerprint density at radius 2 is 1.96 bits per heavy atom. The molecule has 0 atom stereocenters. The molecule has 28 heavy (non-hydrogen) atoms. The summed E-state index contributed by atoms with van der Waals surface area (Å²) < 4.78 is 6.49. The van der Waals surface area contributed by atoms with Gasteiger partial charge in [-0.2, -0.15) is 5.10 Å². The maximum atomic E-state index is 11.9. The number of rotatable bonds is 6. The summed E-state index contributed by atoms with van der Waals surface area (Å²) in [5, 5.41) is 15.3. The summed E-state index contributed by atoms with van der Waals surface area (Å²) in [4.78, 5) is 22.6. The number of furan rings is 1. The van der Waals surface area contributed by atoms with Crippen LogP contribution in [0.2, 0.25) is 5.02 Å². The molecule has 7 nitrogen and oxygen atoms in total. The molecular formula is C19H13BrClN3O4.